The number of hydrogen-bond donors (Lipinski definition) is 3. The molecule has 3 N–H and O–H groups in total. The summed E-state index contributed by atoms with van der Waals surface area (Å²) in [6.07, 6.45) is 6.07. The Bertz CT molecular complexity index is 2600. The van der Waals surface area contributed by atoms with E-state index in [1.807, 2.05) is 12.1 Å². The van der Waals surface area contributed by atoms with Gasteiger partial charge in [-0.1, -0.05) is 43.2 Å². The van der Waals surface area contributed by atoms with Crippen molar-refractivity contribution in [2.45, 2.75) is 56.9 Å². The van der Waals surface area contributed by atoms with Gasteiger partial charge in [-0.3, -0.25) is 19.8 Å². The van der Waals surface area contributed by atoms with Gasteiger partial charge in [-0.2, -0.15) is 0 Å². The molecule has 5 aromatic rings. The van der Waals surface area contributed by atoms with Crippen molar-refractivity contribution in [1.82, 2.24) is 14.6 Å². The number of nitro groups is 1. The van der Waals surface area contributed by atoms with Crippen molar-refractivity contribution < 1.29 is 32.0 Å². The van der Waals surface area contributed by atoms with Crippen LogP contribution in [-0.2, 0) is 14.8 Å². The number of sulfonamides is 1. The molecule has 1 aromatic heterocycles. The maximum atomic E-state index is 15.4. The minimum Gasteiger partial charge on any atom is -0.453 e. The molecule has 0 saturated carbocycles. The van der Waals surface area contributed by atoms with E-state index < -0.39 is 37.3 Å². The average molecular weight is 871 g/mol. The van der Waals surface area contributed by atoms with Gasteiger partial charge >= 0.3 is 0 Å². The number of ether oxygens (including phenoxy) is 2. The number of rotatable bonds is 12. The van der Waals surface area contributed by atoms with Crippen molar-refractivity contribution >= 4 is 61.1 Å². The Kier molecular flexibility index (Phi) is 12.1. The number of aromatic amines is 1. The first-order chi connectivity index (χ1) is 29.2. The van der Waals surface area contributed by atoms with Gasteiger partial charge in [0, 0.05) is 98.0 Å². The first kappa shape index (κ1) is 42.2. The van der Waals surface area contributed by atoms with Crippen molar-refractivity contribution in [2.75, 3.05) is 56.2 Å². The lowest BCUT2D eigenvalue weighted by Gasteiger charge is -2.39. The topological polar surface area (TPSA) is 159 Å². The largest absolute Gasteiger partial charge is 0.453 e. The molecule has 8 rings (SSSR count). The zero-order valence-corrected chi connectivity index (χ0v) is 35.6. The molecule has 0 spiro atoms. The summed E-state index contributed by atoms with van der Waals surface area (Å²) in [6.45, 7) is 9.36. The van der Waals surface area contributed by atoms with Crippen molar-refractivity contribution in [3.05, 3.63) is 123 Å². The molecule has 2 fully saturated rings. The van der Waals surface area contributed by atoms with Crippen molar-refractivity contribution in [1.29, 1.82) is 0 Å². The Labute approximate surface area is 359 Å². The highest BCUT2D eigenvalue weighted by atomic mass is 35.5. The van der Waals surface area contributed by atoms with Crippen LogP contribution in [0.15, 0.2) is 95.5 Å². The van der Waals surface area contributed by atoms with Gasteiger partial charge in [-0.15, -0.1) is 0 Å². The number of nitro benzene ring substituents is 1. The number of fused-ring (bicyclic) bond motifs is 1. The summed E-state index contributed by atoms with van der Waals surface area (Å²) in [7, 11) is -4.62. The molecular weight excluding hydrogens is 823 g/mol. The van der Waals surface area contributed by atoms with E-state index in [4.69, 9.17) is 21.1 Å². The molecule has 3 aliphatic rings. The SMILES string of the molecule is CC1(C)CCC(CN2CCN(c3ccc(C(=O)NS(=O)(=O)c4ccc(NC5CCOCC5)c([N+](=O)[O-])c4)c(Oc4cc5cc[nH]c5cc4F)c3)CC2)=C(c2ccc(Cl)cc2)C1. The molecule has 1 amide bonds. The molecule has 0 radical (unpaired) electrons. The first-order valence-electron chi connectivity index (χ1n) is 20.4. The molecule has 0 bridgehead atoms. The van der Waals surface area contributed by atoms with Crippen molar-refractivity contribution in [3.8, 4) is 11.5 Å². The monoisotopic (exact) mass is 870 g/mol. The Morgan fingerprint density at radius 3 is 2.49 bits per heavy atom. The average Bonchev–Trinajstić information content (AvgIpc) is 3.69. The predicted molar refractivity (Wildman–Crippen MR) is 235 cm³/mol. The van der Waals surface area contributed by atoms with E-state index >= 15 is 4.39 Å². The number of allylic oxidation sites excluding steroid dienone is 1. The van der Waals surface area contributed by atoms with Crippen LogP contribution >= 0.6 is 11.6 Å². The molecule has 0 unspecified atom stereocenters. The van der Waals surface area contributed by atoms with Gasteiger partial charge in [-0.25, -0.2) is 17.5 Å². The summed E-state index contributed by atoms with van der Waals surface area (Å²) in [5.41, 5.74) is 5.03. The van der Waals surface area contributed by atoms with Gasteiger partial charge in [0.15, 0.2) is 11.6 Å². The zero-order valence-electron chi connectivity index (χ0n) is 34.0. The summed E-state index contributed by atoms with van der Waals surface area (Å²) < 4.78 is 56.3. The number of nitrogens with zero attached hydrogens (tertiary/aromatic N) is 3. The lowest BCUT2D eigenvalue weighted by Crippen LogP contribution is -2.47. The fraction of sp³-hybridized carbons (Fsp3) is 0.356. The molecule has 2 aliphatic heterocycles. The second-order valence-electron chi connectivity index (χ2n) is 16.7. The summed E-state index contributed by atoms with van der Waals surface area (Å²) in [5.74, 6) is -1.96. The van der Waals surface area contributed by atoms with Crippen LogP contribution in [0.2, 0.25) is 5.02 Å². The van der Waals surface area contributed by atoms with Crippen LogP contribution in [0, 0.1) is 21.3 Å². The first-order valence-corrected chi connectivity index (χ1v) is 22.3. The highest BCUT2D eigenvalue weighted by Gasteiger charge is 2.31. The fourth-order valence-electron chi connectivity index (χ4n) is 8.38. The van der Waals surface area contributed by atoms with Crippen LogP contribution < -0.4 is 19.7 Å². The number of carbonyl (C=O) groups is 1. The van der Waals surface area contributed by atoms with E-state index in [9.17, 15) is 23.3 Å². The van der Waals surface area contributed by atoms with Crippen molar-refractivity contribution in [2.24, 2.45) is 5.41 Å². The third-order valence-corrected chi connectivity index (χ3v) is 13.4. The lowest BCUT2D eigenvalue weighted by atomic mass is 9.72. The zero-order chi connectivity index (χ0) is 42.9. The summed E-state index contributed by atoms with van der Waals surface area (Å²) in [6, 6.07) is 20.8. The van der Waals surface area contributed by atoms with E-state index in [1.165, 1.54) is 47.0 Å². The van der Waals surface area contributed by atoms with Crippen LogP contribution in [0.5, 0.6) is 11.5 Å². The van der Waals surface area contributed by atoms with E-state index in [0.29, 0.717) is 60.8 Å². The molecule has 320 valence electrons. The highest BCUT2D eigenvalue weighted by Crippen LogP contribution is 2.43. The third kappa shape index (κ3) is 9.70. The number of amides is 1. The number of benzene rings is 4. The van der Waals surface area contributed by atoms with Crippen LogP contribution in [0.3, 0.4) is 0 Å². The number of piperazine rings is 1. The minimum atomic E-state index is -4.62. The van der Waals surface area contributed by atoms with Crippen LogP contribution in [0.4, 0.5) is 21.5 Å². The summed E-state index contributed by atoms with van der Waals surface area (Å²) in [5, 5.41) is 16.6. The number of carbonyl (C=O) groups excluding carboxylic acids is 1. The lowest BCUT2D eigenvalue weighted by molar-refractivity contribution is -0.384. The standard InChI is InChI=1S/C45H48ClFN6O7S/c1-45(2)15-11-31(37(27-45)29-3-5-32(46)6-4-29)28-51-17-19-52(20-18-51)34-7-9-36(42(24-34)60-43-23-30-12-16-48-40(30)26-38(43)47)44(54)50-61(57,58)35-8-10-39(41(25-35)53(55)56)49-33-13-21-59-22-14-33/h3-10,12,16,23-26,33,48-49H,11,13-15,17-22,27-28H2,1-2H3,(H,50,54). The van der Waals surface area contributed by atoms with Crippen LogP contribution in [-0.4, -0.2) is 81.1 Å². The molecular formula is C45H48ClFN6O7S. The molecule has 4 aromatic carbocycles. The Morgan fingerprint density at radius 1 is 1.00 bits per heavy atom. The van der Waals surface area contributed by atoms with E-state index in [0.717, 1.165) is 45.0 Å². The quantitative estimate of drug-likeness (QED) is 0.0816. The van der Waals surface area contributed by atoms with Gasteiger partial charge in [0.1, 0.15) is 11.4 Å². The number of nitrogens with one attached hydrogen (secondary N) is 3. The van der Waals surface area contributed by atoms with E-state index in [-0.39, 0.29) is 34.2 Å². The maximum absolute atomic E-state index is 15.4. The van der Waals surface area contributed by atoms with E-state index in [1.54, 1.807) is 24.4 Å². The normalized spacial score (nSPS) is 17.7. The summed E-state index contributed by atoms with van der Waals surface area (Å²) in [4.78, 5) is 32.4. The number of hydrogen-bond acceptors (Lipinski definition) is 10. The Morgan fingerprint density at radius 2 is 1.75 bits per heavy atom. The number of H-pyrrole nitrogens is 1. The molecule has 61 heavy (non-hydrogen) atoms. The van der Waals surface area contributed by atoms with Gasteiger partial charge in [0.05, 0.1) is 15.4 Å². The second kappa shape index (κ2) is 17.5. The molecule has 16 heteroatoms. The molecule has 1 aliphatic carbocycles. The fourth-order valence-corrected chi connectivity index (χ4v) is 9.49. The summed E-state index contributed by atoms with van der Waals surface area (Å²) >= 11 is 6.23. The van der Waals surface area contributed by atoms with Crippen molar-refractivity contribution in [3.63, 3.8) is 0 Å². The van der Waals surface area contributed by atoms with E-state index in [2.05, 4.69) is 50.8 Å². The van der Waals surface area contributed by atoms with Crippen LogP contribution in [0.25, 0.3) is 16.5 Å². The van der Waals surface area contributed by atoms with Gasteiger partial charge in [0.2, 0.25) is 0 Å². The number of aromatic nitrogens is 1. The van der Waals surface area contributed by atoms with Gasteiger partial charge in [0.25, 0.3) is 21.6 Å². The smallest absolute Gasteiger partial charge is 0.293 e. The van der Waals surface area contributed by atoms with Gasteiger partial charge < -0.3 is 24.7 Å². The second-order valence-corrected chi connectivity index (χ2v) is 18.8. The molecule has 3 heterocycles. The van der Waals surface area contributed by atoms with Crippen LogP contribution in [0.1, 0.15) is 61.9 Å². The third-order valence-electron chi connectivity index (χ3n) is 11.8. The Hall–Kier alpha value is -5.48. The predicted octanol–water partition coefficient (Wildman–Crippen LogP) is 9.16. The maximum Gasteiger partial charge on any atom is 0.293 e. The highest BCUT2D eigenvalue weighted by molar-refractivity contribution is 7.90. The molecule has 13 nitrogen and oxygen atoms in total. The minimum absolute atomic E-state index is 0.0639. The molecule has 2 saturated heterocycles. The Balaban J connectivity index is 1.03. The number of halogens is 2. The number of anilines is 2. The molecule has 0 atom stereocenters. The van der Waals surface area contributed by atoms with Gasteiger partial charge in [-0.05, 0) is 97.2 Å².